The molecule has 5 heterocycles. The van der Waals surface area contributed by atoms with Crippen molar-refractivity contribution in [2.75, 3.05) is 30.7 Å². The van der Waals surface area contributed by atoms with Crippen molar-refractivity contribution in [3.8, 4) is 11.3 Å². The number of rotatable bonds is 6. The Balaban J connectivity index is 1.50. The summed E-state index contributed by atoms with van der Waals surface area (Å²) in [6.45, 7) is 4.88. The quantitative estimate of drug-likeness (QED) is 0.457. The number of nitrogens with one attached hydrogen (secondary N) is 1. The molecule has 1 fully saturated rings. The van der Waals surface area contributed by atoms with Crippen molar-refractivity contribution >= 4 is 28.4 Å². The summed E-state index contributed by atoms with van der Waals surface area (Å²) < 4.78 is 43.4. The molecule has 0 amide bonds. The lowest BCUT2D eigenvalue weighted by Crippen LogP contribution is -2.31. The number of nitrogen functional groups attached to an aromatic ring is 1. The Morgan fingerprint density at radius 1 is 1.18 bits per heavy atom. The average Bonchev–Trinajstić information content (AvgIpc) is 3.44. The van der Waals surface area contributed by atoms with Crippen molar-refractivity contribution in [2.45, 2.75) is 39.0 Å². The Morgan fingerprint density at radius 3 is 2.73 bits per heavy atom. The van der Waals surface area contributed by atoms with Crippen LogP contribution in [0.15, 0.2) is 24.4 Å². The van der Waals surface area contributed by atoms with E-state index >= 15 is 0 Å². The lowest BCUT2D eigenvalue weighted by molar-refractivity contribution is 0.127. The first-order valence-corrected chi connectivity index (χ1v) is 10.7. The van der Waals surface area contributed by atoms with Gasteiger partial charge in [-0.3, -0.25) is 4.90 Å². The Morgan fingerprint density at radius 2 is 2.00 bits per heavy atom. The second-order valence-electron chi connectivity index (χ2n) is 8.16. The fourth-order valence-electron chi connectivity index (χ4n) is 4.34. The molecule has 5 rings (SSSR count). The van der Waals surface area contributed by atoms with E-state index in [2.05, 4.69) is 25.4 Å². The van der Waals surface area contributed by atoms with Crippen LogP contribution in [0.5, 0.6) is 0 Å². The zero-order chi connectivity index (χ0) is 23.3. The number of aryl methyl sites for hydroxylation is 1. The second-order valence-corrected chi connectivity index (χ2v) is 8.16. The highest BCUT2D eigenvalue weighted by Gasteiger charge is 2.32. The van der Waals surface area contributed by atoms with Crippen molar-refractivity contribution in [1.82, 2.24) is 34.0 Å². The maximum Gasteiger partial charge on any atom is 0.256 e. The summed E-state index contributed by atoms with van der Waals surface area (Å²) in [5.74, 6) is 0.907. The number of fused-ring (bicyclic) bond motifs is 2. The molecule has 9 nitrogen and oxygen atoms in total. The average molecular weight is 459 g/mol. The number of likely N-dealkylation sites (tertiary alicyclic amines) is 1. The molecule has 1 aliphatic rings. The van der Waals surface area contributed by atoms with Crippen LogP contribution in [0.25, 0.3) is 27.9 Å². The maximum absolute atomic E-state index is 14.3. The van der Waals surface area contributed by atoms with Gasteiger partial charge in [-0.2, -0.15) is 4.98 Å². The van der Waals surface area contributed by atoms with Crippen LogP contribution in [0.4, 0.5) is 24.9 Å². The molecule has 4 aromatic heterocycles. The summed E-state index contributed by atoms with van der Waals surface area (Å²) >= 11 is 0. The molecule has 12 heteroatoms. The Bertz CT molecular complexity index is 1320. The van der Waals surface area contributed by atoms with Gasteiger partial charge in [0.25, 0.3) is 6.43 Å². The van der Waals surface area contributed by atoms with Crippen molar-refractivity contribution < 1.29 is 13.2 Å². The van der Waals surface area contributed by atoms with E-state index in [9.17, 15) is 13.2 Å². The number of nitrogens with zero attached hydrogens (tertiary/aromatic N) is 7. The molecule has 0 aromatic carbocycles. The molecular formula is C21H24F3N9. The molecule has 0 bridgehead atoms. The third-order valence-corrected chi connectivity index (χ3v) is 6.00. The largest absolute Gasteiger partial charge is 0.382 e. The molecule has 2 atom stereocenters. The van der Waals surface area contributed by atoms with Crippen LogP contribution < -0.4 is 11.1 Å². The van der Waals surface area contributed by atoms with Crippen LogP contribution in [0.3, 0.4) is 0 Å². The number of nitrogens with two attached hydrogens (primary N) is 1. The standard InChI is InChI=1S/C21H24F3N9/c1-3-31-8-13(22)16(9-31)28-21-29-19(25)18-12(6-7-33(18)30-21)14-4-5-15-20(27-14)32(10-17(23)24)11(2)26-15/h4-7,13,16-17H,3,8-10H2,1-2H3,(H3,25,28,29,30)/t13-,16+/m0/s1. The van der Waals surface area contributed by atoms with Gasteiger partial charge < -0.3 is 15.6 Å². The van der Waals surface area contributed by atoms with Crippen LogP contribution >= 0.6 is 0 Å². The third-order valence-electron chi connectivity index (χ3n) is 6.00. The first kappa shape index (κ1) is 21.4. The Kier molecular flexibility index (Phi) is 5.31. The Hall–Kier alpha value is -3.41. The number of aromatic nitrogens is 6. The van der Waals surface area contributed by atoms with Crippen LogP contribution in [0, 0.1) is 6.92 Å². The van der Waals surface area contributed by atoms with Gasteiger partial charge in [0.1, 0.15) is 23.0 Å². The summed E-state index contributed by atoms with van der Waals surface area (Å²) in [4.78, 5) is 15.3. The molecule has 0 radical (unpaired) electrons. The summed E-state index contributed by atoms with van der Waals surface area (Å²) in [5, 5.41) is 7.49. The van der Waals surface area contributed by atoms with Gasteiger partial charge >= 0.3 is 0 Å². The van der Waals surface area contributed by atoms with Crippen molar-refractivity contribution in [2.24, 2.45) is 0 Å². The van der Waals surface area contributed by atoms with Gasteiger partial charge in [-0.1, -0.05) is 6.92 Å². The van der Waals surface area contributed by atoms with E-state index in [1.54, 1.807) is 35.8 Å². The highest BCUT2D eigenvalue weighted by molar-refractivity contribution is 5.88. The molecule has 33 heavy (non-hydrogen) atoms. The van der Waals surface area contributed by atoms with Crippen LogP contribution in [-0.4, -0.2) is 72.3 Å². The highest BCUT2D eigenvalue weighted by atomic mass is 19.3. The van der Waals surface area contributed by atoms with Crippen molar-refractivity contribution in [3.05, 3.63) is 30.2 Å². The van der Waals surface area contributed by atoms with Gasteiger partial charge in [-0.15, -0.1) is 5.10 Å². The van der Waals surface area contributed by atoms with Crippen LogP contribution in [-0.2, 0) is 6.54 Å². The van der Waals surface area contributed by atoms with E-state index in [4.69, 9.17) is 5.73 Å². The molecular weight excluding hydrogens is 435 g/mol. The van der Waals surface area contributed by atoms with E-state index in [1.807, 2.05) is 11.8 Å². The molecule has 0 saturated carbocycles. The van der Waals surface area contributed by atoms with E-state index in [-0.39, 0.29) is 11.8 Å². The normalized spacial score (nSPS) is 19.3. The monoisotopic (exact) mass is 459 g/mol. The molecule has 0 aliphatic carbocycles. The minimum absolute atomic E-state index is 0.201. The molecule has 4 aromatic rings. The van der Waals surface area contributed by atoms with E-state index in [0.717, 1.165) is 6.54 Å². The van der Waals surface area contributed by atoms with Crippen molar-refractivity contribution in [1.29, 1.82) is 0 Å². The highest BCUT2D eigenvalue weighted by Crippen LogP contribution is 2.30. The van der Waals surface area contributed by atoms with Crippen molar-refractivity contribution in [3.63, 3.8) is 0 Å². The fourth-order valence-corrected chi connectivity index (χ4v) is 4.34. The lowest BCUT2D eigenvalue weighted by Gasteiger charge is -2.15. The summed E-state index contributed by atoms with van der Waals surface area (Å²) in [6.07, 6.45) is -1.84. The number of hydrogen-bond acceptors (Lipinski definition) is 7. The van der Waals surface area contributed by atoms with Gasteiger partial charge in [0.15, 0.2) is 11.5 Å². The van der Waals surface area contributed by atoms with Gasteiger partial charge in [0.05, 0.1) is 18.3 Å². The second kappa shape index (κ2) is 8.18. The minimum Gasteiger partial charge on any atom is -0.382 e. The topological polar surface area (TPSA) is 102 Å². The predicted octanol–water partition coefficient (Wildman–Crippen LogP) is 2.75. The smallest absolute Gasteiger partial charge is 0.256 e. The molecule has 1 saturated heterocycles. The predicted molar refractivity (Wildman–Crippen MR) is 119 cm³/mol. The van der Waals surface area contributed by atoms with E-state index in [1.165, 1.54) is 4.57 Å². The lowest BCUT2D eigenvalue weighted by atomic mass is 10.2. The number of halogens is 3. The van der Waals surface area contributed by atoms with E-state index < -0.39 is 25.2 Å². The minimum atomic E-state index is -2.52. The molecule has 174 valence electrons. The van der Waals surface area contributed by atoms with E-state index in [0.29, 0.717) is 46.9 Å². The molecule has 3 N–H and O–H groups in total. The molecule has 0 spiro atoms. The zero-order valence-electron chi connectivity index (χ0n) is 18.2. The number of pyridine rings is 1. The Labute approximate surface area is 187 Å². The molecule has 0 unspecified atom stereocenters. The zero-order valence-corrected chi connectivity index (χ0v) is 18.2. The van der Waals surface area contributed by atoms with Gasteiger partial charge in [-0.05, 0) is 31.7 Å². The van der Waals surface area contributed by atoms with Gasteiger partial charge in [-0.25, -0.2) is 27.7 Å². The number of anilines is 2. The summed E-state index contributed by atoms with van der Waals surface area (Å²) in [7, 11) is 0. The fraction of sp³-hybridized carbons (Fsp3) is 0.429. The third kappa shape index (κ3) is 3.84. The first-order valence-electron chi connectivity index (χ1n) is 10.7. The number of alkyl halides is 3. The number of imidazole rings is 1. The van der Waals surface area contributed by atoms with Gasteiger partial charge in [0.2, 0.25) is 5.95 Å². The maximum atomic E-state index is 14.3. The summed E-state index contributed by atoms with van der Waals surface area (Å²) in [5.41, 5.74) is 8.89. The number of hydrogen-bond donors (Lipinski definition) is 2. The summed E-state index contributed by atoms with van der Waals surface area (Å²) in [6, 6.07) is 4.86. The van der Waals surface area contributed by atoms with Crippen LogP contribution in [0.1, 0.15) is 12.7 Å². The SMILES string of the molecule is CCN1C[C@H](F)[C@H](Nc2nc(N)c3c(-c4ccc5nc(C)n(CC(F)F)c5n4)ccn3n2)C1. The van der Waals surface area contributed by atoms with Crippen LogP contribution in [0.2, 0.25) is 0 Å². The molecule has 1 aliphatic heterocycles. The number of likely N-dealkylation sites (N-methyl/N-ethyl adjacent to an activating group) is 1. The first-order chi connectivity index (χ1) is 15.8. The van der Waals surface area contributed by atoms with Gasteiger partial charge in [0, 0.05) is 24.8 Å².